The van der Waals surface area contributed by atoms with Crippen molar-refractivity contribution in [3.8, 4) is 16.9 Å². The molecular formula is C17H18O3. The van der Waals surface area contributed by atoms with Gasteiger partial charge in [-0.1, -0.05) is 48.5 Å². The molecule has 0 aliphatic heterocycles. The predicted octanol–water partition coefficient (Wildman–Crippen LogP) is 3.99. The van der Waals surface area contributed by atoms with E-state index in [1.165, 1.54) is 0 Å². The van der Waals surface area contributed by atoms with Crippen molar-refractivity contribution in [2.75, 3.05) is 0 Å². The fraction of sp³-hybridized carbons (Fsp3) is 0.235. The predicted molar refractivity (Wildman–Crippen MR) is 78.8 cm³/mol. The molecule has 0 bridgehead atoms. The molecule has 3 heteroatoms. The number of carbonyl (C=O) groups is 1. The molecule has 0 fully saturated rings. The first-order valence-electron chi connectivity index (χ1n) is 6.69. The highest BCUT2D eigenvalue weighted by molar-refractivity contribution is 5.70. The zero-order valence-electron chi connectivity index (χ0n) is 11.5. The van der Waals surface area contributed by atoms with Crippen LogP contribution < -0.4 is 4.74 Å². The van der Waals surface area contributed by atoms with Crippen LogP contribution >= 0.6 is 0 Å². The average molecular weight is 270 g/mol. The van der Waals surface area contributed by atoms with E-state index in [1.807, 2.05) is 61.5 Å². The second-order valence-corrected chi connectivity index (χ2v) is 4.72. The van der Waals surface area contributed by atoms with Gasteiger partial charge in [-0.2, -0.15) is 0 Å². The maximum Gasteiger partial charge on any atom is 0.303 e. The van der Waals surface area contributed by atoms with E-state index in [0.29, 0.717) is 6.42 Å². The van der Waals surface area contributed by atoms with E-state index in [4.69, 9.17) is 9.84 Å². The summed E-state index contributed by atoms with van der Waals surface area (Å²) in [5, 5.41) is 8.71. The van der Waals surface area contributed by atoms with Gasteiger partial charge in [0.25, 0.3) is 0 Å². The summed E-state index contributed by atoms with van der Waals surface area (Å²) in [5.74, 6) is -0.00613. The standard InChI is InChI=1S/C17H18O3/c1-13(11-12-17(18)19)20-16-10-6-5-9-15(16)14-7-3-2-4-8-14/h2-10,13H,11-12H2,1H3,(H,18,19). The van der Waals surface area contributed by atoms with Gasteiger partial charge in [-0.25, -0.2) is 0 Å². The number of carboxylic acids is 1. The van der Waals surface area contributed by atoms with E-state index in [2.05, 4.69) is 0 Å². The fourth-order valence-corrected chi connectivity index (χ4v) is 2.03. The van der Waals surface area contributed by atoms with Crippen molar-refractivity contribution in [2.24, 2.45) is 0 Å². The maximum absolute atomic E-state index is 10.6. The van der Waals surface area contributed by atoms with E-state index in [-0.39, 0.29) is 12.5 Å². The molecule has 0 saturated carbocycles. The Hall–Kier alpha value is -2.29. The second kappa shape index (κ2) is 6.75. The van der Waals surface area contributed by atoms with Gasteiger partial charge >= 0.3 is 5.97 Å². The van der Waals surface area contributed by atoms with Crippen molar-refractivity contribution in [1.82, 2.24) is 0 Å². The summed E-state index contributed by atoms with van der Waals surface area (Å²) in [4.78, 5) is 10.6. The van der Waals surface area contributed by atoms with E-state index in [0.717, 1.165) is 16.9 Å². The smallest absolute Gasteiger partial charge is 0.303 e. The Kier molecular flexibility index (Phi) is 4.77. The highest BCUT2D eigenvalue weighted by Crippen LogP contribution is 2.30. The lowest BCUT2D eigenvalue weighted by Crippen LogP contribution is -2.14. The van der Waals surface area contributed by atoms with Crippen LogP contribution in [0, 0.1) is 0 Å². The summed E-state index contributed by atoms with van der Waals surface area (Å²) in [6.07, 6.45) is 0.489. The lowest BCUT2D eigenvalue weighted by Gasteiger charge is -2.17. The van der Waals surface area contributed by atoms with Crippen LogP contribution in [-0.4, -0.2) is 17.2 Å². The normalized spacial score (nSPS) is 11.8. The summed E-state index contributed by atoms with van der Waals surface area (Å²) < 4.78 is 5.89. The highest BCUT2D eigenvalue weighted by Gasteiger charge is 2.10. The largest absolute Gasteiger partial charge is 0.490 e. The van der Waals surface area contributed by atoms with Gasteiger partial charge in [-0.3, -0.25) is 4.79 Å². The Bertz CT molecular complexity index is 563. The first-order chi connectivity index (χ1) is 9.66. The van der Waals surface area contributed by atoms with Gasteiger partial charge in [0.2, 0.25) is 0 Å². The van der Waals surface area contributed by atoms with Gasteiger partial charge in [0.15, 0.2) is 0 Å². The number of carboxylic acid groups (broad SMARTS) is 1. The minimum atomic E-state index is -0.795. The Labute approximate surface area is 118 Å². The average Bonchev–Trinajstić information content (AvgIpc) is 2.47. The summed E-state index contributed by atoms with van der Waals surface area (Å²) in [6, 6.07) is 17.8. The fourth-order valence-electron chi connectivity index (χ4n) is 2.03. The minimum absolute atomic E-state index is 0.120. The van der Waals surface area contributed by atoms with E-state index < -0.39 is 5.97 Å². The number of ether oxygens (including phenoxy) is 1. The van der Waals surface area contributed by atoms with Gasteiger partial charge in [0.05, 0.1) is 6.10 Å². The van der Waals surface area contributed by atoms with Crippen LogP contribution in [0.4, 0.5) is 0 Å². The molecule has 0 heterocycles. The molecule has 104 valence electrons. The number of hydrogen-bond donors (Lipinski definition) is 1. The molecule has 0 saturated heterocycles. The number of benzene rings is 2. The van der Waals surface area contributed by atoms with Crippen molar-refractivity contribution < 1.29 is 14.6 Å². The van der Waals surface area contributed by atoms with Crippen LogP contribution in [0.15, 0.2) is 54.6 Å². The molecule has 0 spiro atoms. The van der Waals surface area contributed by atoms with Crippen LogP contribution in [0.3, 0.4) is 0 Å². The molecular weight excluding hydrogens is 252 g/mol. The first kappa shape index (κ1) is 14.1. The van der Waals surface area contributed by atoms with Gasteiger partial charge in [0.1, 0.15) is 5.75 Å². The molecule has 1 atom stereocenters. The van der Waals surface area contributed by atoms with Gasteiger partial charge < -0.3 is 9.84 Å². The number of hydrogen-bond acceptors (Lipinski definition) is 2. The molecule has 0 aliphatic rings. The second-order valence-electron chi connectivity index (χ2n) is 4.72. The Morgan fingerprint density at radius 2 is 1.75 bits per heavy atom. The van der Waals surface area contributed by atoms with Gasteiger partial charge in [-0.05, 0) is 25.0 Å². The monoisotopic (exact) mass is 270 g/mol. The Morgan fingerprint density at radius 1 is 1.10 bits per heavy atom. The molecule has 20 heavy (non-hydrogen) atoms. The molecule has 0 amide bonds. The molecule has 0 aromatic heterocycles. The van der Waals surface area contributed by atoms with E-state index in [1.54, 1.807) is 0 Å². The molecule has 1 unspecified atom stereocenters. The van der Waals surface area contributed by atoms with Crippen LogP contribution in [0.25, 0.3) is 11.1 Å². The molecule has 2 rings (SSSR count). The molecule has 1 N–H and O–H groups in total. The van der Waals surface area contributed by atoms with Crippen LogP contribution in [0.5, 0.6) is 5.75 Å². The van der Waals surface area contributed by atoms with Gasteiger partial charge in [0, 0.05) is 12.0 Å². The van der Waals surface area contributed by atoms with Crippen molar-refractivity contribution in [2.45, 2.75) is 25.9 Å². The first-order valence-corrected chi connectivity index (χ1v) is 6.69. The summed E-state index contributed by atoms with van der Waals surface area (Å²) >= 11 is 0. The van der Waals surface area contributed by atoms with Gasteiger partial charge in [-0.15, -0.1) is 0 Å². The number of rotatable bonds is 6. The van der Waals surface area contributed by atoms with Crippen LogP contribution in [-0.2, 0) is 4.79 Å². The summed E-state index contributed by atoms with van der Waals surface area (Å²) in [5.41, 5.74) is 2.11. The third-order valence-corrected chi connectivity index (χ3v) is 3.06. The van der Waals surface area contributed by atoms with E-state index >= 15 is 0 Å². The zero-order valence-corrected chi connectivity index (χ0v) is 11.5. The third kappa shape index (κ3) is 3.85. The van der Waals surface area contributed by atoms with Crippen molar-refractivity contribution >= 4 is 5.97 Å². The minimum Gasteiger partial charge on any atom is -0.490 e. The zero-order chi connectivity index (χ0) is 14.4. The molecule has 0 aliphatic carbocycles. The van der Waals surface area contributed by atoms with Crippen LogP contribution in [0.2, 0.25) is 0 Å². The highest BCUT2D eigenvalue weighted by atomic mass is 16.5. The quantitative estimate of drug-likeness (QED) is 0.863. The van der Waals surface area contributed by atoms with Crippen LogP contribution in [0.1, 0.15) is 19.8 Å². The van der Waals surface area contributed by atoms with E-state index in [9.17, 15) is 4.79 Å². The summed E-state index contributed by atoms with van der Waals surface area (Å²) in [7, 11) is 0. The number of para-hydroxylation sites is 1. The lowest BCUT2D eigenvalue weighted by molar-refractivity contribution is -0.137. The molecule has 0 radical (unpaired) electrons. The Morgan fingerprint density at radius 3 is 2.45 bits per heavy atom. The third-order valence-electron chi connectivity index (χ3n) is 3.06. The Balaban J connectivity index is 2.14. The topological polar surface area (TPSA) is 46.5 Å². The number of aliphatic carboxylic acids is 1. The maximum atomic E-state index is 10.6. The molecule has 2 aromatic rings. The van der Waals surface area contributed by atoms with Crippen molar-refractivity contribution in [3.05, 3.63) is 54.6 Å². The van der Waals surface area contributed by atoms with Crippen molar-refractivity contribution in [1.29, 1.82) is 0 Å². The SMILES string of the molecule is CC(CCC(=O)O)Oc1ccccc1-c1ccccc1. The van der Waals surface area contributed by atoms with Crippen molar-refractivity contribution in [3.63, 3.8) is 0 Å². The summed E-state index contributed by atoms with van der Waals surface area (Å²) in [6.45, 7) is 1.89. The molecule has 2 aromatic carbocycles. The molecule has 3 nitrogen and oxygen atoms in total. The lowest BCUT2D eigenvalue weighted by atomic mass is 10.0.